The molecule has 1 heterocycles. The van der Waals surface area contributed by atoms with E-state index in [0.29, 0.717) is 18.5 Å². The summed E-state index contributed by atoms with van der Waals surface area (Å²) in [5, 5.41) is 16.7. The maximum Gasteiger partial charge on any atom is 0.245 e. The third kappa shape index (κ3) is 12.1. The third-order valence-corrected chi connectivity index (χ3v) is 11.8. The minimum absolute atomic E-state index is 0.0115. The zero-order valence-corrected chi connectivity index (χ0v) is 36.0. The van der Waals surface area contributed by atoms with Crippen molar-refractivity contribution in [2.45, 2.75) is 142 Å². The molecule has 0 spiro atoms. The number of nitrogens with one attached hydrogen (secondary N) is 2. The first-order valence-corrected chi connectivity index (χ1v) is 20.2. The summed E-state index contributed by atoms with van der Waals surface area (Å²) in [4.78, 5) is 61.0. The van der Waals surface area contributed by atoms with Crippen molar-refractivity contribution in [1.29, 1.82) is 0 Å². The molecule has 13 heteroatoms. The molecule has 1 aliphatic rings. The van der Waals surface area contributed by atoms with E-state index in [-0.39, 0.29) is 59.2 Å². The number of aliphatic hydroxyl groups is 1. The number of thiol groups is 1. The Balaban J connectivity index is 2.27. The van der Waals surface area contributed by atoms with Gasteiger partial charge >= 0.3 is 0 Å². The van der Waals surface area contributed by atoms with Crippen LogP contribution >= 0.6 is 12.6 Å². The maximum absolute atomic E-state index is 14.3. The molecule has 1 aliphatic heterocycles. The Morgan fingerprint density at radius 2 is 1.54 bits per heavy atom. The van der Waals surface area contributed by atoms with Gasteiger partial charge in [0, 0.05) is 27.8 Å². The second-order valence-electron chi connectivity index (χ2n) is 16.0. The number of nitrogens with zero attached hydrogens (tertiary/aromatic N) is 3. The summed E-state index contributed by atoms with van der Waals surface area (Å²) in [6.07, 6.45) is 0.0914. The Kier molecular flexibility index (Phi) is 19.4. The van der Waals surface area contributed by atoms with Crippen LogP contribution in [0.1, 0.15) is 99.7 Å². The van der Waals surface area contributed by atoms with Crippen molar-refractivity contribution in [2.24, 2.45) is 23.7 Å². The Morgan fingerprint density at radius 1 is 0.926 bits per heavy atom. The number of hydrogen-bond acceptors (Lipinski definition) is 9. The van der Waals surface area contributed by atoms with E-state index in [2.05, 4.69) is 23.3 Å². The van der Waals surface area contributed by atoms with Gasteiger partial charge in [0.15, 0.2) is 0 Å². The first kappa shape index (κ1) is 47.4. The minimum atomic E-state index is -0.880. The fraction of sp³-hybridized carbons (Fsp3) is 0.756. The second kappa shape index (κ2) is 22.1. The molecule has 2 rings (SSSR count). The Hall–Kier alpha value is -2.71. The fourth-order valence-corrected chi connectivity index (χ4v) is 7.99. The van der Waals surface area contributed by atoms with E-state index in [9.17, 15) is 24.3 Å². The standard InChI is InChI=1S/C41H71N5O7S/c1-14-26(6)36(45(11)41(51)34(24(2)3)43-40(50)35(25(4)5)44(10)29(9)54)32(52-12)23-33(47)46-22-18-21-31(46)38(53-13)27(7)39(49)42-28(8)37(48)30-19-16-15-17-20-30/h15-17,19-20,24-29,31-32,34-38,48,54H,14,18,21-23H2,1-13H3,(H,42,49)(H,43,50)/t26-,27+,28+,29?,31-,32+,34-,35-,36-,37+,38+/m0/s1. The van der Waals surface area contributed by atoms with Crippen molar-refractivity contribution in [3.8, 4) is 0 Å². The van der Waals surface area contributed by atoms with Crippen LogP contribution in [0.5, 0.6) is 0 Å². The van der Waals surface area contributed by atoms with Crippen LogP contribution in [0, 0.1) is 23.7 Å². The molecular weight excluding hydrogens is 707 g/mol. The molecule has 1 aromatic carbocycles. The first-order valence-electron chi connectivity index (χ1n) is 19.7. The van der Waals surface area contributed by atoms with Crippen LogP contribution in [-0.4, -0.2) is 126 Å². The lowest BCUT2D eigenvalue weighted by atomic mass is 9.89. The van der Waals surface area contributed by atoms with Crippen LogP contribution in [0.2, 0.25) is 0 Å². The molecule has 0 aliphatic carbocycles. The number of ether oxygens (including phenoxy) is 2. The molecule has 1 fully saturated rings. The van der Waals surface area contributed by atoms with Crippen molar-refractivity contribution in [3.05, 3.63) is 35.9 Å². The Morgan fingerprint density at radius 3 is 2.04 bits per heavy atom. The molecule has 1 saturated heterocycles. The van der Waals surface area contributed by atoms with Gasteiger partial charge in [-0.1, -0.05) is 85.2 Å². The van der Waals surface area contributed by atoms with Gasteiger partial charge in [0.2, 0.25) is 23.6 Å². The summed E-state index contributed by atoms with van der Waals surface area (Å²) < 4.78 is 12.0. The van der Waals surface area contributed by atoms with Crippen molar-refractivity contribution in [2.75, 3.05) is 34.9 Å². The summed E-state index contributed by atoms with van der Waals surface area (Å²) in [5.74, 6) is -1.73. The molecule has 308 valence electrons. The Bertz CT molecular complexity index is 1330. The highest BCUT2D eigenvalue weighted by Gasteiger charge is 2.43. The van der Waals surface area contributed by atoms with Crippen molar-refractivity contribution in [1.82, 2.24) is 25.3 Å². The van der Waals surface area contributed by atoms with E-state index in [0.717, 1.165) is 12.8 Å². The predicted octanol–water partition coefficient (Wildman–Crippen LogP) is 4.52. The van der Waals surface area contributed by atoms with Gasteiger partial charge in [-0.2, -0.15) is 12.6 Å². The summed E-state index contributed by atoms with van der Waals surface area (Å²) in [6, 6.07) is 6.57. The molecule has 3 N–H and O–H groups in total. The summed E-state index contributed by atoms with van der Waals surface area (Å²) in [5.41, 5.74) is 0.709. The van der Waals surface area contributed by atoms with E-state index in [1.54, 1.807) is 44.9 Å². The molecule has 1 unspecified atom stereocenters. The van der Waals surface area contributed by atoms with Crippen molar-refractivity contribution >= 4 is 36.3 Å². The average Bonchev–Trinajstić information content (AvgIpc) is 3.62. The quantitative estimate of drug-likeness (QED) is 0.106. The van der Waals surface area contributed by atoms with Gasteiger partial charge in [0.1, 0.15) is 6.04 Å². The molecule has 0 saturated carbocycles. The molecule has 4 amide bonds. The van der Waals surface area contributed by atoms with Crippen LogP contribution in [-0.2, 0) is 28.7 Å². The lowest BCUT2D eigenvalue weighted by Crippen LogP contribution is -2.60. The van der Waals surface area contributed by atoms with Gasteiger partial charge in [-0.3, -0.25) is 24.1 Å². The van der Waals surface area contributed by atoms with Crippen LogP contribution in [0.25, 0.3) is 0 Å². The van der Waals surface area contributed by atoms with E-state index in [1.807, 2.05) is 90.7 Å². The monoisotopic (exact) mass is 778 g/mol. The van der Waals surface area contributed by atoms with Gasteiger partial charge in [0.05, 0.1) is 60.2 Å². The van der Waals surface area contributed by atoms with E-state index < -0.39 is 48.4 Å². The predicted molar refractivity (Wildman–Crippen MR) is 217 cm³/mol. The maximum atomic E-state index is 14.3. The number of likely N-dealkylation sites (N-methyl/N-ethyl adjacent to an activating group) is 2. The van der Waals surface area contributed by atoms with Gasteiger partial charge < -0.3 is 35.0 Å². The SMILES string of the molecule is CC[C@H](C)[C@@H]([C@@H](CC(=O)N1CCC[C@H]1[C@H](OC)[C@@H](C)C(=O)N[C@H](C)[C@@H](O)c1ccccc1)OC)N(C)C(=O)[C@@H](NC(=O)[C@H](C(C)C)N(C)C(C)S)C(C)C. The lowest BCUT2D eigenvalue weighted by Gasteiger charge is -2.41. The van der Waals surface area contributed by atoms with Crippen molar-refractivity contribution < 1.29 is 33.8 Å². The highest BCUT2D eigenvalue weighted by Crippen LogP contribution is 2.30. The Labute approximate surface area is 330 Å². The molecule has 12 nitrogen and oxygen atoms in total. The number of hydrogen-bond donors (Lipinski definition) is 4. The average molecular weight is 778 g/mol. The van der Waals surface area contributed by atoms with Crippen LogP contribution < -0.4 is 10.6 Å². The van der Waals surface area contributed by atoms with Crippen molar-refractivity contribution in [3.63, 3.8) is 0 Å². The van der Waals surface area contributed by atoms with E-state index in [4.69, 9.17) is 9.47 Å². The second-order valence-corrected chi connectivity index (χ2v) is 16.7. The number of aliphatic hydroxyl groups excluding tert-OH is 1. The normalized spacial score (nSPS) is 20.4. The number of rotatable bonds is 21. The van der Waals surface area contributed by atoms with E-state index in [1.165, 1.54) is 0 Å². The molecule has 0 aromatic heterocycles. The largest absolute Gasteiger partial charge is 0.386 e. The molecule has 0 radical (unpaired) electrons. The minimum Gasteiger partial charge on any atom is -0.386 e. The number of amides is 4. The summed E-state index contributed by atoms with van der Waals surface area (Å²) in [6.45, 7) is 17.8. The van der Waals surface area contributed by atoms with Crippen LogP contribution in [0.3, 0.4) is 0 Å². The lowest BCUT2D eigenvalue weighted by molar-refractivity contribution is -0.148. The number of carbonyl (C=O) groups excluding carboxylic acids is 4. The highest BCUT2D eigenvalue weighted by molar-refractivity contribution is 7.80. The zero-order chi connectivity index (χ0) is 41.0. The molecular formula is C41H71N5O7S. The molecule has 11 atom stereocenters. The molecule has 1 aromatic rings. The molecule has 0 bridgehead atoms. The van der Waals surface area contributed by atoms with E-state index >= 15 is 0 Å². The number of benzene rings is 1. The summed E-state index contributed by atoms with van der Waals surface area (Å²) in [7, 11) is 6.70. The number of likely N-dealkylation sites (tertiary alicyclic amines) is 1. The first-order chi connectivity index (χ1) is 25.3. The van der Waals surface area contributed by atoms with Gasteiger partial charge in [-0.25, -0.2) is 0 Å². The van der Waals surface area contributed by atoms with Gasteiger partial charge in [-0.15, -0.1) is 0 Å². The van der Waals surface area contributed by atoms with Gasteiger partial charge in [0.25, 0.3) is 0 Å². The van der Waals surface area contributed by atoms with Gasteiger partial charge in [-0.05, 0) is 57.1 Å². The third-order valence-electron chi connectivity index (χ3n) is 11.4. The van der Waals surface area contributed by atoms with Crippen LogP contribution in [0.4, 0.5) is 0 Å². The van der Waals surface area contributed by atoms with Crippen LogP contribution in [0.15, 0.2) is 30.3 Å². The molecule has 54 heavy (non-hydrogen) atoms. The number of methoxy groups -OCH3 is 2. The topological polar surface area (TPSA) is 141 Å². The summed E-state index contributed by atoms with van der Waals surface area (Å²) >= 11 is 4.54. The number of carbonyl (C=O) groups is 4. The fourth-order valence-electron chi connectivity index (χ4n) is 7.84. The highest BCUT2D eigenvalue weighted by atomic mass is 32.1. The smallest absolute Gasteiger partial charge is 0.245 e. The zero-order valence-electron chi connectivity index (χ0n) is 35.1.